The maximum atomic E-state index is 10.9. The third-order valence-corrected chi connectivity index (χ3v) is 1.26. The Balaban J connectivity index is 3.50. The Bertz CT molecular complexity index is 258. The molecule has 0 spiro atoms. The maximum absolute atomic E-state index is 10.9. The average Bonchev–Trinajstić information content (AvgIpc) is 2.28. The van der Waals surface area contributed by atoms with Crippen molar-refractivity contribution < 1.29 is 28.9 Å². The first-order valence-corrected chi connectivity index (χ1v) is 4.55. The molecule has 0 unspecified atom stereocenters. The zero-order valence-corrected chi connectivity index (χ0v) is 8.76. The van der Waals surface area contributed by atoms with E-state index in [1.54, 1.807) is 0 Å². The molecular formula is C10H14O6. The monoisotopic (exact) mass is 230 g/mol. The van der Waals surface area contributed by atoms with Crippen molar-refractivity contribution in [3.05, 3.63) is 25.0 Å². The van der Waals surface area contributed by atoms with Crippen LogP contribution in [0.25, 0.3) is 0 Å². The Morgan fingerprint density at radius 1 is 1.19 bits per heavy atom. The number of esters is 2. The SMILES string of the molecule is C=CC(=O)OC=CC(=O)OCCOCCO. The van der Waals surface area contributed by atoms with Gasteiger partial charge in [-0.05, 0) is 0 Å². The van der Waals surface area contributed by atoms with Gasteiger partial charge in [0.2, 0.25) is 0 Å². The minimum atomic E-state index is -0.657. The van der Waals surface area contributed by atoms with Crippen LogP contribution in [-0.4, -0.2) is 43.5 Å². The molecule has 16 heavy (non-hydrogen) atoms. The van der Waals surface area contributed by atoms with E-state index in [-0.39, 0.29) is 26.4 Å². The van der Waals surface area contributed by atoms with E-state index in [0.29, 0.717) is 0 Å². The molecule has 0 aromatic heterocycles. The lowest BCUT2D eigenvalue weighted by atomic mass is 10.6. The van der Waals surface area contributed by atoms with Crippen molar-refractivity contribution in [2.24, 2.45) is 0 Å². The second-order valence-corrected chi connectivity index (χ2v) is 2.45. The lowest BCUT2D eigenvalue weighted by molar-refractivity contribution is -0.139. The van der Waals surface area contributed by atoms with Gasteiger partial charge in [-0.2, -0.15) is 0 Å². The van der Waals surface area contributed by atoms with Crippen LogP contribution in [0.1, 0.15) is 0 Å². The molecule has 0 radical (unpaired) electrons. The summed E-state index contributed by atoms with van der Waals surface area (Å²) in [6.07, 6.45) is 2.85. The van der Waals surface area contributed by atoms with Crippen LogP contribution < -0.4 is 0 Å². The van der Waals surface area contributed by atoms with Crippen molar-refractivity contribution >= 4 is 11.9 Å². The molecule has 0 saturated heterocycles. The quantitative estimate of drug-likeness (QED) is 0.269. The predicted octanol–water partition coefficient (Wildman–Crippen LogP) is -0.219. The minimum absolute atomic E-state index is 0.0680. The number of hydrogen-bond donors (Lipinski definition) is 1. The summed E-state index contributed by atoms with van der Waals surface area (Å²) in [4.78, 5) is 21.5. The summed E-state index contributed by atoms with van der Waals surface area (Å²) in [7, 11) is 0. The molecule has 6 heteroatoms. The molecule has 0 aliphatic carbocycles. The fourth-order valence-electron chi connectivity index (χ4n) is 0.621. The van der Waals surface area contributed by atoms with Crippen molar-refractivity contribution in [2.45, 2.75) is 0 Å². The zero-order valence-electron chi connectivity index (χ0n) is 8.76. The smallest absolute Gasteiger partial charge is 0.334 e. The lowest BCUT2D eigenvalue weighted by Gasteiger charge is -2.02. The van der Waals surface area contributed by atoms with E-state index >= 15 is 0 Å². The van der Waals surface area contributed by atoms with Crippen LogP contribution in [0.2, 0.25) is 0 Å². The highest BCUT2D eigenvalue weighted by Crippen LogP contribution is 1.86. The first-order valence-electron chi connectivity index (χ1n) is 4.55. The lowest BCUT2D eigenvalue weighted by Crippen LogP contribution is -2.10. The Labute approximate surface area is 93.1 Å². The van der Waals surface area contributed by atoms with Crippen LogP contribution in [0, 0.1) is 0 Å². The molecule has 1 N–H and O–H groups in total. The molecule has 6 nitrogen and oxygen atoms in total. The zero-order chi connectivity index (χ0) is 12.2. The molecule has 0 aliphatic heterocycles. The molecular weight excluding hydrogens is 216 g/mol. The third kappa shape index (κ3) is 8.92. The molecule has 0 bridgehead atoms. The van der Waals surface area contributed by atoms with Crippen molar-refractivity contribution in [3.8, 4) is 0 Å². The van der Waals surface area contributed by atoms with Crippen molar-refractivity contribution in [3.63, 3.8) is 0 Å². The second-order valence-electron chi connectivity index (χ2n) is 2.45. The van der Waals surface area contributed by atoms with E-state index in [0.717, 1.165) is 18.4 Å². The van der Waals surface area contributed by atoms with E-state index < -0.39 is 11.9 Å². The van der Waals surface area contributed by atoms with E-state index in [1.165, 1.54) is 0 Å². The van der Waals surface area contributed by atoms with Gasteiger partial charge in [0, 0.05) is 6.08 Å². The number of carbonyl (C=O) groups is 2. The van der Waals surface area contributed by atoms with Crippen molar-refractivity contribution in [2.75, 3.05) is 26.4 Å². The van der Waals surface area contributed by atoms with Gasteiger partial charge in [0.05, 0.1) is 25.9 Å². The van der Waals surface area contributed by atoms with E-state index in [9.17, 15) is 9.59 Å². The molecule has 0 atom stereocenters. The van der Waals surface area contributed by atoms with Gasteiger partial charge in [-0.3, -0.25) is 0 Å². The van der Waals surface area contributed by atoms with Gasteiger partial charge in [0.15, 0.2) is 0 Å². The summed E-state index contributed by atoms with van der Waals surface area (Å²) >= 11 is 0. The number of carbonyl (C=O) groups excluding carboxylic acids is 2. The van der Waals surface area contributed by atoms with Crippen LogP contribution in [0.4, 0.5) is 0 Å². The van der Waals surface area contributed by atoms with Crippen LogP contribution in [-0.2, 0) is 23.8 Å². The number of aliphatic hydroxyl groups is 1. The van der Waals surface area contributed by atoms with Crippen LogP contribution >= 0.6 is 0 Å². The normalized spacial score (nSPS) is 10.1. The van der Waals surface area contributed by atoms with Gasteiger partial charge >= 0.3 is 11.9 Å². The predicted molar refractivity (Wildman–Crippen MR) is 54.3 cm³/mol. The highest BCUT2D eigenvalue weighted by Gasteiger charge is 1.97. The third-order valence-electron chi connectivity index (χ3n) is 1.26. The highest BCUT2D eigenvalue weighted by molar-refractivity contribution is 5.84. The summed E-state index contributed by atoms with van der Waals surface area (Å²) in [5.74, 6) is -1.31. The van der Waals surface area contributed by atoms with E-state index in [4.69, 9.17) is 9.84 Å². The van der Waals surface area contributed by atoms with Gasteiger partial charge in [-0.15, -0.1) is 0 Å². The Kier molecular flexibility index (Phi) is 8.85. The van der Waals surface area contributed by atoms with Gasteiger partial charge in [0.25, 0.3) is 0 Å². The fraction of sp³-hybridized carbons (Fsp3) is 0.400. The summed E-state index contributed by atoms with van der Waals surface area (Å²) in [5.41, 5.74) is 0. The van der Waals surface area contributed by atoms with Crippen LogP contribution in [0.15, 0.2) is 25.0 Å². The highest BCUT2D eigenvalue weighted by atomic mass is 16.6. The number of hydrogen-bond acceptors (Lipinski definition) is 6. The van der Waals surface area contributed by atoms with Crippen LogP contribution in [0.3, 0.4) is 0 Å². The largest absolute Gasteiger partial charge is 0.460 e. The number of rotatable bonds is 8. The summed E-state index contributed by atoms with van der Waals surface area (Å²) in [6, 6.07) is 0. The first-order chi connectivity index (χ1) is 7.70. The summed E-state index contributed by atoms with van der Waals surface area (Å²) in [5, 5.41) is 8.37. The number of ether oxygens (including phenoxy) is 3. The molecule has 0 amide bonds. The van der Waals surface area contributed by atoms with Gasteiger partial charge < -0.3 is 19.3 Å². The molecule has 0 rings (SSSR count). The summed E-state index contributed by atoms with van der Waals surface area (Å²) < 4.78 is 13.9. The minimum Gasteiger partial charge on any atom is -0.460 e. The van der Waals surface area contributed by atoms with Crippen LogP contribution in [0.5, 0.6) is 0 Å². The topological polar surface area (TPSA) is 82.1 Å². The summed E-state index contributed by atoms with van der Waals surface area (Å²) in [6.45, 7) is 3.56. The molecule has 0 aromatic carbocycles. The van der Waals surface area contributed by atoms with Gasteiger partial charge in [0.1, 0.15) is 12.9 Å². The molecule has 0 fully saturated rings. The Hall–Kier alpha value is -1.66. The van der Waals surface area contributed by atoms with Gasteiger partial charge in [-0.1, -0.05) is 6.58 Å². The Morgan fingerprint density at radius 3 is 2.56 bits per heavy atom. The van der Waals surface area contributed by atoms with Crippen molar-refractivity contribution in [1.82, 2.24) is 0 Å². The van der Waals surface area contributed by atoms with Gasteiger partial charge in [-0.25, -0.2) is 9.59 Å². The number of aliphatic hydroxyl groups excluding tert-OH is 1. The van der Waals surface area contributed by atoms with Crippen molar-refractivity contribution in [1.29, 1.82) is 0 Å². The second kappa shape index (κ2) is 9.88. The average molecular weight is 230 g/mol. The van der Waals surface area contributed by atoms with E-state index in [1.807, 2.05) is 0 Å². The molecule has 0 aliphatic rings. The molecule has 0 aromatic rings. The first kappa shape index (κ1) is 14.3. The molecule has 0 saturated carbocycles. The fourth-order valence-corrected chi connectivity index (χ4v) is 0.621. The molecule has 0 heterocycles. The standard InChI is InChI=1S/C10H14O6/c1-2-9(12)15-5-3-10(13)16-8-7-14-6-4-11/h2-3,5,11H,1,4,6-8H2. The maximum Gasteiger partial charge on any atom is 0.334 e. The Morgan fingerprint density at radius 2 is 1.94 bits per heavy atom. The molecule has 90 valence electrons. The van der Waals surface area contributed by atoms with E-state index in [2.05, 4.69) is 16.1 Å².